The average Bonchev–Trinajstić information content (AvgIpc) is 2.87. The molecule has 0 radical (unpaired) electrons. The Kier molecular flexibility index (Phi) is 12.3. The third-order valence-corrected chi connectivity index (χ3v) is 9.10. The summed E-state index contributed by atoms with van der Waals surface area (Å²) in [7, 11) is 0. The van der Waals surface area contributed by atoms with Crippen LogP contribution in [-0.4, -0.2) is 74.1 Å². The van der Waals surface area contributed by atoms with Gasteiger partial charge in [-0.3, -0.25) is 4.79 Å². The van der Waals surface area contributed by atoms with Crippen LogP contribution in [0.4, 0.5) is 13.2 Å². The van der Waals surface area contributed by atoms with Crippen LogP contribution in [0.3, 0.4) is 0 Å². The molecular weight excluding hydrogens is 509 g/mol. The zero-order valence-corrected chi connectivity index (χ0v) is 23.5. The molecule has 2 heterocycles. The van der Waals surface area contributed by atoms with Gasteiger partial charge in [0, 0.05) is 25.6 Å². The zero-order valence-electron chi connectivity index (χ0n) is 23.5. The van der Waals surface area contributed by atoms with Gasteiger partial charge in [-0.05, 0) is 69.4 Å². The Morgan fingerprint density at radius 3 is 2.62 bits per heavy atom. The number of carbonyl (C=O) groups excluding carboxylic acids is 1. The van der Waals surface area contributed by atoms with Crippen molar-refractivity contribution in [2.75, 3.05) is 32.8 Å². The molecule has 0 aromatic carbocycles. The van der Waals surface area contributed by atoms with E-state index in [0.717, 1.165) is 64.3 Å². The molecule has 3 fully saturated rings. The lowest BCUT2D eigenvalue weighted by Crippen LogP contribution is -2.62. The Labute approximate surface area is 231 Å². The summed E-state index contributed by atoms with van der Waals surface area (Å²) in [4.78, 5) is 16.0. The molecule has 1 saturated carbocycles. The first kappa shape index (κ1) is 32.1. The second-order valence-corrected chi connectivity index (χ2v) is 12.2. The molecule has 5 atom stereocenters. The van der Waals surface area contributed by atoms with Gasteiger partial charge < -0.3 is 31.7 Å². The topological polar surface area (TPSA) is 129 Å². The van der Waals surface area contributed by atoms with E-state index in [1.54, 1.807) is 0 Å². The normalized spacial score (nSPS) is 29.4. The first-order chi connectivity index (χ1) is 18.6. The Morgan fingerprint density at radius 2 is 1.97 bits per heavy atom. The van der Waals surface area contributed by atoms with Crippen molar-refractivity contribution >= 4 is 5.91 Å². The minimum Gasteiger partial charge on any atom is -0.367 e. The van der Waals surface area contributed by atoms with Crippen molar-refractivity contribution in [1.82, 2.24) is 15.5 Å². The Balaban J connectivity index is 1.78. The number of ether oxygens (including phenoxy) is 1. The SMILES string of the molecule is CCCCN1CCC(OCC(F)(F)F)C(NC(=O)C(C(N)N)C2CC3(CCCCC3)CCC(CC#N)CN2)C1. The Morgan fingerprint density at radius 1 is 1.23 bits per heavy atom. The van der Waals surface area contributed by atoms with Crippen LogP contribution in [0.5, 0.6) is 0 Å². The van der Waals surface area contributed by atoms with Crippen molar-refractivity contribution in [1.29, 1.82) is 5.26 Å². The molecule has 6 N–H and O–H groups in total. The first-order valence-electron chi connectivity index (χ1n) is 14.9. The molecule has 0 bridgehead atoms. The summed E-state index contributed by atoms with van der Waals surface area (Å²) in [6.45, 7) is 3.23. The number of likely N-dealkylation sites (tertiary alicyclic amines) is 1. The fraction of sp³-hybridized carbons (Fsp3) is 0.929. The minimum absolute atomic E-state index is 0.0810. The summed E-state index contributed by atoms with van der Waals surface area (Å²) in [5.74, 6) is -0.896. The van der Waals surface area contributed by atoms with E-state index in [0.29, 0.717) is 32.5 Å². The van der Waals surface area contributed by atoms with Crippen LogP contribution in [0.2, 0.25) is 0 Å². The van der Waals surface area contributed by atoms with Crippen molar-refractivity contribution in [2.45, 2.75) is 115 Å². The van der Waals surface area contributed by atoms with Gasteiger partial charge in [-0.25, -0.2) is 0 Å². The summed E-state index contributed by atoms with van der Waals surface area (Å²) < 4.78 is 44.2. The van der Waals surface area contributed by atoms with E-state index in [1.165, 1.54) is 6.42 Å². The second-order valence-electron chi connectivity index (χ2n) is 12.2. The number of nitrogens with two attached hydrogens (primary N) is 2. The number of piperidine rings is 1. The molecule has 2 aliphatic heterocycles. The lowest BCUT2D eigenvalue weighted by Gasteiger charge is -2.45. The molecule has 1 aliphatic carbocycles. The van der Waals surface area contributed by atoms with Crippen LogP contribution in [0.15, 0.2) is 0 Å². The molecule has 3 rings (SSSR count). The number of nitrogens with zero attached hydrogens (tertiary/aromatic N) is 2. The smallest absolute Gasteiger partial charge is 0.367 e. The number of rotatable bonds is 10. The summed E-state index contributed by atoms with van der Waals surface area (Å²) in [6.07, 6.45) is 5.17. The van der Waals surface area contributed by atoms with Gasteiger partial charge in [-0.15, -0.1) is 0 Å². The number of alkyl halides is 3. The van der Waals surface area contributed by atoms with E-state index in [-0.39, 0.29) is 23.3 Å². The van der Waals surface area contributed by atoms with Crippen molar-refractivity contribution in [3.63, 3.8) is 0 Å². The highest BCUT2D eigenvalue weighted by molar-refractivity contribution is 5.80. The fourth-order valence-electron chi connectivity index (χ4n) is 6.91. The minimum atomic E-state index is -4.44. The molecule has 8 nitrogen and oxygen atoms in total. The summed E-state index contributed by atoms with van der Waals surface area (Å²) >= 11 is 0. The van der Waals surface area contributed by atoms with Gasteiger partial charge in [-0.1, -0.05) is 32.6 Å². The van der Waals surface area contributed by atoms with E-state index in [9.17, 15) is 23.2 Å². The van der Waals surface area contributed by atoms with E-state index in [4.69, 9.17) is 16.2 Å². The lowest BCUT2D eigenvalue weighted by molar-refractivity contribution is -0.192. The maximum Gasteiger partial charge on any atom is 0.411 e. The number of unbranched alkanes of at least 4 members (excludes halogenated alkanes) is 1. The average molecular weight is 559 g/mol. The van der Waals surface area contributed by atoms with Gasteiger partial charge in [0.1, 0.15) is 6.61 Å². The van der Waals surface area contributed by atoms with Gasteiger partial charge in [-0.2, -0.15) is 18.4 Å². The molecule has 3 aliphatic rings. The van der Waals surface area contributed by atoms with Gasteiger partial charge >= 0.3 is 6.18 Å². The molecule has 2 saturated heterocycles. The maximum absolute atomic E-state index is 13.8. The molecule has 11 heteroatoms. The third kappa shape index (κ3) is 9.85. The highest BCUT2D eigenvalue weighted by Crippen LogP contribution is 2.46. The van der Waals surface area contributed by atoms with Crippen molar-refractivity contribution in [2.24, 2.45) is 28.7 Å². The number of halogens is 3. The summed E-state index contributed by atoms with van der Waals surface area (Å²) in [5, 5.41) is 15.9. The predicted octanol–water partition coefficient (Wildman–Crippen LogP) is 3.41. The van der Waals surface area contributed by atoms with Gasteiger partial charge in [0.05, 0.1) is 30.3 Å². The largest absolute Gasteiger partial charge is 0.411 e. The molecule has 1 spiro atoms. The van der Waals surface area contributed by atoms with Crippen molar-refractivity contribution in [3.8, 4) is 6.07 Å². The standard InChI is InChI=1S/C28H49F3N6O2/c1-2-3-14-37-15-9-23(39-19-28(29,30)31)22(18-37)36-26(38)24(25(33)34)21-16-27(10-5-4-6-11-27)12-7-20(8-13-32)17-35-21/h20-25,35H,2-12,14-19,33-34H2,1H3,(H,36,38). The molecule has 224 valence electrons. The quantitative estimate of drug-likeness (QED) is 0.303. The Hall–Kier alpha value is -1.45. The van der Waals surface area contributed by atoms with E-state index < -0.39 is 37.0 Å². The van der Waals surface area contributed by atoms with E-state index in [2.05, 4.69) is 28.5 Å². The first-order valence-corrected chi connectivity index (χ1v) is 14.9. The monoisotopic (exact) mass is 558 g/mol. The fourth-order valence-corrected chi connectivity index (χ4v) is 6.91. The number of hydrogen-bond acceptors (Lipinski definition) is 7. The van der Waals surface area contributed by atoms with Gasteiger partial charge in [0.25, 0.3) is 0 Å². The number of hydrogen-bond donors (Lipinski definition) is 4. The van der Waals surface area contributed by atoms with Gasteiger partial charge in [0.2, 0.25) is 5.91 Å². The predicted molar refractivity (Wildman–Crippen MR) is 144 cm³/mol. The van der Waals surface area contributed by atoms with Crippen molar-refractivity contribution in [3.05, 3.63) is 0 Å². The highest BCUT2D eigenvalue weighted by Gasteiger charge is 2.43. The summed E-state index contributed by atoms with van der Waals surface area (Å²) in [5.41, 5.74) is 12.6. The molecular formula is C28H49F3N6O2. The molecule has 0 aromatic rings. The van der Waals surface area contributed by atoms with Crippen LogP contribution in [-0.2, 0) is 9.53 Å². The van der Waals surface area contributed by atoms with E-state index >= 15 is 0 Å². The number of amides is 1. The lowest BCUT2D eigenvalue weighted by atomic mass is 9.64. The van der Waals surface area contributed by atoms with Gasteiger partial charge in [0.15, 0.2) is 0 Å². The highest BCUT2D eigenvalue weighted by atomic mass is 19.4. The maximum atomic E-state index is 13.8. The molecule has 5 unspecified atom stereocenters. The van der Waals surface area contributed by atoms with Crippen molar-refractivity contribution < 1.29 is 22.7 Å². The number of nitrogens with one attached hydrogen (secondary N) is 2. The van der Waals surface area contributed by atoms with Crippen LogP contribution in [0.25, 0.3) is 0 Å². The van der Waals surface area contributed by atoms with E-state index in [1.807, 2.05) is 0 Å². The van der Waals surface area contributed by atoms with Crippen LogP contribution in [0, 0.1) is 28.6 Å². The van der Waals surface area contributed by atoms with Crippen LogP contribution < -0.4 is 22.1 Å². The molecule has 0 aromatic heterocycles. The third-order valence-electron chi connectivity index (χ3n) is 9.10. The Bertz CT molecular complexity index is 799. The van der Waals surface area contributed by atoms with Crippen LogP contribution in [0.1, 0.15) is 84.0 Å². The number of carbonyl (C=O) groups is 1. The second kappa shape index (κ2) is 15.0. The molecule has 1 amide bonds. The zero-order chi connectivity index (χ0) is 28.5. The summed E-state index contributed by atoms with van der Waals surface area (Å²) in [6, 6.07) is 1.43. The van der Waals surface area contributed by atoms with Crippen LogP contribution >= 0.6 is 0 Å². The molecule has 39 heavy (non-hydrogen) atoms. The number of nitriles is 1.